The van der Waals surface area contributed by atoms with Gasteiger partial charge in [0.05, 0.1) is 7.11 Å². The molecule has 0 aromatic heterocycles. The van der Waals surface area contributed by atoms with Crippen molar-refractivity contribution in [2.75, 3.05) is 7.11 Å². The Balaban J connectivity index is 4.12. The lowest BCUT2D eigenvalue weighted by atomic mass is 10.1. The van der Waals surface area contributed by atoms with Gasteiger partial charge >= 0.3 is 5.97 Å². The summed E-state index contributed by atoms with van der Waals surface area (Å²) in [6.07, 6.45) is 7.81. The molecule has 0 spiro atoms. The third-order valence-corrected chi connectivity index (χ3v) is 2.49. The van der Waals surface area contributed by atoms with E-state index >= 15 is 0 Å². The van der Waals surface area contributed by atoms with Crippen LogP contribution in [0.15, 0.2) is 23.3 Å². The van der Waals surface area contributed by atoms with Crippen LogP contribution in [0.5, 0.6) is 0 Å². The van der Waals surface area contributed by atoms with Crippen molar-refractivity contribution in [3.8, 4) is 0 Å². The van der Waals surface area contributed by atoms with Gasteiger partial charge in [0.2, 0.25) is 0 Å². The molecule has 0 aromatic rings. The van der Waals surface area contributed by atoms with Gasteiger partial charge < -0.3 is 4.74 Å². The van der Waals surface area contributed by atoms with Crippen LogP contribution in [0.3, 0.4) is 0 Å². The number of allylic oxidation sites excluding steroid dienone is 3. The first-order valence-corrected chi connectivity index (χ1v) is 5.57. The van der Waals surface area contributed by atoms with Gasteiger partial charge in [-0.3, -0.25) is 0 Å². The van der Waals surface area contributed by atoms with E-state index in [1.54, 1.807) is 6.08 Å². The van der Waals surface area contributed by atoms with Gasteiger partial charge in [0.25, 0.3) is 0 Å². The molecule has 0 radical (unpaired) electrons. The van der Waals surface area contributed by atoms with Gasteiger partial charge in [-0.2, -0.15) is 0 Å². The molecule has 0 unspecified atom stereocenters. The molecule has 86 valence electrons. The molecular formula is C13H22O2. The summed E-state index contributed by atoms with van der Waals surface area (Å²) in [5.74, 6) is -0.247. The van der Waals surface area contributed by atoms with Gasteiger partial charge in [0, 0.05) is 6.08 Å². The molecule has 0 rings (SSSR count). The van der Waals surface area contributed by atoms with Crippen LogP contribution in [0, 0.1) is 0 Å². The van der Waals surface area contributed by atoms with Crippen LogP contribution in [-0.2, 0) is 9.53 Å². The van der Waals surface area contributed by atoms with Gasteiger partial charge in [-0.05, 0) is 32.6 Å². The summed E-state index contributed by atoms with van der Waals surface area (Å²) >= 11 is 0. The van der Waals surface area contributed by atoms with Gasteiger partial charge in [-0.1, -0.05) is 31.1 Å². The molecule has 0 aromatic carbocycles. The maximum absolute atomic E-state index is 11.0. The highest BCUT2D eigenvalue weighted by Crippen LogP contribution is 2.12. The van der Waals surface area contributed by atoms with Gasteiger partial charge in [0.15, 0.2) is 0 Å². The average Bonchev–Trinajstić information content (AvgIpc) is 2.26. The molecular weight excluding hydrogens is 188 g/mol. The second kappa shape index (κ2) is 8.27. The summed E-state index contributed by atoms with van der Waals surface area (Å²) in [4.78, 5) is 11.0. The fraction of sp³-hybridized carbons (Fsp3) is 0.615. The van der Waals surface area contributed by atoms with E-state index in [9.17, 15) is 4.79 Å². The molecule has 0 saturated carbocycles. The highest BCUT2D eigenvalue weighted by molar-refractivity contribution is 5.82. The van der Waals surface area contributed by atoms with E-state index in [1.165, 1.54) is 12.7 Å². The van der Waals surface area contributed by atoms with Crippen LogP contribution < -0.4 is 0 Å². The summed E-state index contributed by atoms with van der Waals surface area (Å²) in [6.45, 7) is 6.34. The number of carbonyl (C=O) groups excluding carboxylic acids is 1. The van der Waals surface area contributed by atoms with Crippen molar-refractivity contribution in [3.63, 3.8) is 0 Å². The lowest BCUT2D eigenvalue weighted by molar-refractivity contribution is -0.134. The predicted molar refractivity (Wildman–Crippen MR) is 63.7 cm³/mol. The Kier molecular flexibility index (Phi) is 7.69. The maximum atomic E-state index is 11.0. The summed E-state index contributed by atoms with van der Waals surface area (Å²) < 4.78 is 4.60. The minimum atomic E-state index is -0.247. The number of esters is 1. The zero-order chi connectivity index (χ0) is 11.7. The Morgan fingerprint density at radius 1 is 1.27 bits per heavy atom. The van der Waals surface area contributed by atoms with Gasteiger partial charge in [0.1, 0.15) is 0 Å². The normalized spacial score (nSPS) is 12.8. The molecule has 15 heavy (non-hydrogen) atoms. The first-order valence-electron chi connectivity index (χ1n) is 5.57. The standard InChI is InChI=1S/C13H22O2/c1-5-11(3)8-7-9-12(6-2)10-13(14)15-4/h8,10H,5-7,9H2,1-4H3/b11-8+,12-10+. The summed E-state index contributed by atoms with van der Waals surface area (Å²) in [7, 11) is 1.41. The first kappa shape index (κ1) is 13.9. The zero-order valence-corrected chi connectivity index (χ0v) is 10.3. The molecule has 0 heterocycles. The number of ether oxygens (including phenoxy) is 1. The number of methoxy groups -OCH3 is 1. The fourth-order valence-electron chi connectivity index (χ4n) is 1.22. The van der Waals surface area contributed by atoms with Crippen LogP contribution in [0.1, 0.15) is 46.5 Å². The smallest absolute Gasteiger partial charge is 0.330 e. The maximum Gasteiger partial charge on any atom is 0.330 e. The Morgan fingerprint density at radius 2 is 1.93 bits per heavy atom. The minimum absolute atomic E-state index is 0.247. The molecule has 0 aliphatic rings. The van der Waals surface area contributed by atoms with Crippen molar-refractivity contribution in [2.45, 2.75) is 46.5 Å². The molecule has 0 bridgehead atoms. The van der Waals surface area contributed by atoms with Crippen molar-refractivity contribution in [1.82, 2.24) is 0 Å². The second-order valence-electron chi connectivity index (χ2n) is 3.62. The van der Waals surface area contributed by atoms with E-state index in [4.69, 9.17) is 0 Å². The van der Waals surface area contributed by atoms with Crippen molar-refractivity contribution in [3.05, 3.63) is 23.3 Å². The number of rotatable bonds is 6. The predicted octanol–water partition coefficient (Wildman–Crippen LogP) is 3.63. The van der Waals surface area contributed by atoms with E-state index in [-0.39, 0.29) is 5.97 Å². The SMILES string of the molecule is CC/C(C)=C/CC/C(=C/C(=O)OC)CC. The summed E-state index contributed by atoms with van der Waals surface area (Å²) in [5, 5.41) is 0. The molecule has 2 nitrogen and oxygen atoms in total. The number of hydrogen-bond donors (Lipinski definition) is 0. The lowest BCUT2D eigenvalue weighted by Gasteiger charge is -2.02. The third kappa shape index (κ3) is 6.95. The average molecular weight is 210 g/mol. The molecule has 0 amide bonds. The van der Waals surface area contributed by atoms with Crippen LogP contribution in [0.2, 0.25) is 0 Å². The van der Waals surface area contributed by atoms with Gasteiger partial charge in [-0.25, -0.2) is 4.79 Å². The Labute approximate surface area is 93.0 Å². The minimum Gasteiger partial charge on any atom is -0.466 e. The molecule has 0 N–H and O–H groups in total. The largest absolute Gasteiger partial charge is 0.466 e. The zero-order valence-electron chi connectivity index (χ0n) is 10.3. The summed E-state index contributed by atoms with van der Waals surface area (Å²) in [5.41, 5.74) is 2.56. The summed E-state index contributed by atoms with van der Waals surface area (Å²) in [6, 6.07) is 0. The molecule has 0 aliphatic carbocycles. The number of hydrogen-bond acceptors (Lipinski definition) is 2. The molecule has 0 atom stereocenters. The van der Waals surface area contributed by atoms with Crippen molar-refractivity contribution < 1.29 is 9.53 Å². The topological polar surface area (TPSA) is 26.3 Å². The van der Waals surface area contributed by atoms with Crippen molar-refractivity contribution >= 4 is 5.97 Å². The second-order valence-corrected chi connectivity index (χ2v) is 3.62. The third-order valence-electron chi connectivity index (χ3n) is 2.49. The van der Waals surface area contributed by atoms with Crippen LogP contribution in [0.25, 0.3) is 0 Å². The lowest BCUT2D eigenvalue weighted by Crippen LogP contribution is -1.97. The Morgan fingerprint density at radius 3 is 2.40 bits per heavy atom. The van der Waals surface area contributed by atoms with E-state index < -0.39 is 0 Å². The van der Waals surface area contributed by atoms with Gasteiger partial charge in [-0.15, -0.1) is 0 Å². The molecule has 0 saturated heterocycles. The van der Waals surface area contributed by atoms with E-state index in [1.807, 2.05) is 0 Å². The van der Waals surface area contributed by atoms with Crippen LogP contribution in [-0.4, -0.2) is 13.1 Å². The molecule has 0 fully saturated rings. The first-order chi connectivity index (χ1) is 7.13. The highest BCUT2D eigenvalue weighted by Gasteiger charge is 1.99. The Bertz CT molecular complexity index is 249. The Hall–Kier alpha value is -1.05. The fourth-order valence-corrected chi connectivity index (χ4v) is 1.22. The van der Waals surface area contributed by atoms with Crippen LogP contribution >= 0.6 is 0 Å². The number of carbonyl (C=O) groups is 1. The van der Waals surface area contributed by atoms with Crippen molar-refractivity contribution in [1.29, 1.82) is 0 Å². The molecule has 2 heteroatoms. The quantitative estimate of drug-likeness (QED) is 0.380. The van der Waals surface area contributed by atoms with Crippen molar-refractivity contribution in [2.24, 2.45) is 0 Å². The van der Waals surface area contributed by atoms with E-state index in [0.717, 1.165) is 31.3 Å². The van der Waals surface area contributed by atoms with Crippen LogP contribution in [0.4, 0.5) is 0 Å². The molecule has 0 aliphatic heterocycles. The highest BCUT2D eigenvalue weighted by atomic mass is 16.5. The monoisotopic (exact) mass is 210 g/mol. The van der Waals surface area contributed by atoms with E-state index in [0.29, 0.717) is 0 Å². The van der Waals surface area contributed by atoms with E-state index in [2.05, 4.69) is 31.6 Å².